The molecule has 3 N–H and O–H groups in total. The van der Waals surface area contributed by atoms with Gasteiger partial charge in [0, 0.05) is 18.2 Å². The number of nitrogens with one attached hydrogen (secondary N) is 1. The van der Waals surface area contributed by atoms with E-state index in [0.29, 0.717) is 18.3 Å². The third-order valence-electron chi connectivity index (χ3n) is 4.24. The molecule has 0 bridgehead atoms. The lowest BCUT2D eigenvalue weighted by atomic mass is 9.73. The van der Waals surface area contributed by atoms with E-state index >= 15 is 0 Å². The van der Waals surface area contributed by atoms with E-state index in [4.69, 9.17) is 10.5 Å². The predicted molar refractivity (Wildman–Crippen MR) is 81.6 cm³/mol. The topological polar surface area (TPSA) is 47.3 Å². The monoisotopic (exact) mass is 280 g/mol. The quantitative estimate of drug-likeness (QED) is 0.813. The molecule has 0 heterocycles. The third kappa shape index (κ3) is 3.17. The fraction of sp³-hybridized carbons (Fsp3) is 0.625. The molecule has 2 rings (SSSR count). The lowest BCUT2D eigenvalue weighted by Gasteiger charge is -2.39. The first kappa shape index (κ1) is 14.9. The lowest BCUT2D eigenvalue weighted by molar-refractivity contribution is 0.217. The first-order chi connectivity index (χ1) is 9.44. The summed E-state index contributed by atoms with van der Waals surface area (Å²) in [4.78, 5) is 0. The minimum absolute atomic E-state index is 0.227. The number of nitrogens with two attached hydrogens (primary N) is 1. The van der Waals surface area contributed by atoms with Crippen molar-refractivity contribution in [2.75, 3.05) is 17.7 Å². The van der Waals surface area contributed by atoms with Crippen LogP contribution in [0.15, 0.2) is 12.1 Å². The molecule has 3 nitrogen and oxygen atoms in total. The highest BCUT2D eigenvalue weighted by Gasteiger charge is 2.32. The van der Waals surface area contributed by atoms with E-state index in [1.54, 1.807) is 6.07 Å². The zero-order valence-corrected chi connectivity index (χ0v) is 12.6. The molecule has 4 heteroatoms. The molecule has 1 unspecified atom stereocenters. The molecule has 1 aliphatic carbocycles. The van der Waals surface area contributed by atoms with Crippen molar-refractivity contribution < 1.29 is 9.13 Å². The zero-order valence-electron chi connectivity index (χ0n) is 12.6. The van der Waals surface area contributed by atoms with Gasteiger partial charge in [0.25, 0.3) is 0 Å². The number of rotatable bonds is 4. The molecule has 1 aromatic carbocycles. The lowest BCUT2D eigenvalue weighted by Crippen LogP contribution is -2.39. The van der Waals surface area contributed by atoms with E-state index < -0.39 is 5.82 Å². The van der Waals surface area contributed by atoms with Gasteiger partial charge in [-0.1, -0.05) is 26.7 Å². The summed E-state index contributed by atoms with van der Waals surface area (Å²) in [5, 5.41) is 3.49. The molecule has 1 saturated carbocycles. The van der Waals surface area contributed by atoms with Crippen LogP contribution in [-0.2, 0) is 0 Å². The van der Waals surface area contributed by atoms with Gasteiger partial charge in [-0.15, -0.1) is 0 Å². The van der Waals surface area contributed by atoms with Gasteiger partial charge >= 0.3 is 0 Å². The van der Waals surface area contributed by atoms with Gasteiger partial charge in [0.05, 0.1) is 18.0 Å². The minimum atomic E-state index is -0.405. The number of hydrogen-bond donors (Lipinski definition) is 2. The number of halogens is 1. The fourth-order valence-electron chi connectivity index (χ4n) is 2.91. The van der Waals surface area contributed by atoms with Gasteiger partial charge in [-0.3, -0.25) is 0 Å². The van der Waals surface area contributed by atoms with Gasteiger partial charge in [0.15, 0.2) is 11.6 Å². The normalized spacial score (nSPS) is 21.5. The van der Waals surface area contributed by atoms with Gasteiger partial charge in [0.1, 0.15) is 0 Å². The Morgan fingerprint density at radius 2 is 2.15 bits per heavy atom. The fourth-order valence-corrected chi connectivity index (χ4v) is 2.91. The van der Waals surface area contributed by atoms with Crippen LogP contribution in [0.5, 0.6) is 5.75 Å². The smallest absolute Gasteiger partial charge is 0.167 e. The zero-order chi connectivity index (χ0) is 14.8. The Morgan fingerprint density at radius 1 is 1.40 bits per heavy atom. The molecular formula is C16H25FN2O. The third-order valence-corrected chi connectivity index (χ3v) is 4.24. The molecular weight excluding hydrogens is 255 g/mol. The standard InChI is InChI=1S/C16H25FN2O/c1-4-20-14-10-13(12(18)9-11(14)17)19-15-7-5-6-8-16(15,2)3/h9-10,15,19H,4-8,18H2,1-3H3. The van der Waals surface area contributed by atoms with Crippen molar-refractivity contribution in [1.82, 2.24) is 0 Å². The molecule has 0 aliphatic heterocycles. The molecule has 0 saturated heterocycles. The van der Waals surface area contributed by atoms with Crippen LogP contribution in [0.3, 0.4) is 0 Å². The van der Waals surface area contributed by atoms with E-state index in [9.17, 15) is 4.39 Å². The second-order valence-electron chi connectivity index (χ2n) is 6.23. The summed E-state index contributed by atoms with van der Waals surface area (Å²) in [6.45, 7) is 6.82. The number of nitrogen functional groups attached to an aromatic ring is 1. The molecule has 0 spiro atoms. The molecule has 0 amide bonds. The van der Waals surface area contributed by atoms with Gasteiger partial charge in [-0.25, -0.2) is 4.39 Å². The van der Waals surface area contributed by atoms with Crippen molar-refractivity contribution in [2.45, 2.75) is 52.5 Å². The van der Waals surface area contributed by atoms with Crippen molar-refractivity contribution in [3.05, 3.63) is 17.9 Å². The first-order valence-corrected chi connectivity index (χ1v) is 7.42. The van der Waals surface area contributed by atoms with Crippen molar-refractivity contribution in [1.29, 1.82) is 0 Å². The molecule has 1 aliphatic rings. The van der Waals surface area contributed by atoms with Crippen LogP contribution < -0.4 is 15.8 Å². The SMILES string of the molecule is CCOc1cc(NC2CCCCC2(C)C)c(N)cc1F. The molecule has 112 valence electrons. The molecule has 1 fully saturated rings. The van der Waals surface area contributed by atoms with Crippen molar-refractivity contribution >= 4 is 11.4 Å². The largest absolute Gasteiger partial charge is 0.491 e. The maximum atomic E-state index is 13.7. The van der Waals surface area contributed by atoms with Crippen molar-refractivity contribution in [3.8, 4) is 5.75 Å². The van der Waals surface area contributed by atoms with Gasteiger partial charge in [-0.05, 0) is 25.2 Å². The maximum Gasteiger partial charge on any atom is 0.167 e. The maximum absolute atomic E-state index is 13.7. The summed E-state index contributed by atoms with van der Waals surface area (Å²) in [5.74, 6) is -0.143. The average molecular weight is 280 g/mol. The van der Waals surface area contributed by atoms with E-state index in [1.807, 2.05) is 6.92 Å². The summed E-state index contributed by atoms with van der Waals surface area (Å²) >= 11 is 0. The van der Waals surface area contributed by atoms with Crippen LogP contribution in [0.2, 0.25) is 0 Å². The molecule has 20 heavy (non-hydrogen) atoms. The summed E-state index contributed by atoms with van der Waals surface area (Å²) in [6, 6.07) is 3.38. The Kier molecular flexibility index (Phi) is 4.41. The highest BCUT2D eigenvalue weighted by atomic mass is 19.1. The van der Waals surface area contributed by atoms with Crippen molar-refractivity contribution in [3.63, 3.8) is 0 Å². The van der Waals surface area contributed by atoms with E-state index in [0.717, 1.165) is 12.1 Å². The second kappa shape index (κ2) is 5.90. The van der Waals surface area contributed by atoms with Gasteiger partial charge in [0.2, 0.25) is 0 Å². The molecule has 1 atom stereocenters. The summed E-state index contributed by atoms with van der Waals surface area (Å²) in [5.41, 5.74) is 7.37. The Balaban J connectivity index is 2.21. The molecule has 0 radical (unpaired) electrons. The number of ether oxygens (including phenoxy) is 1. The second-order valence-corrected chi connectivity index (χ2v) is 6.23. The Hall–Kier alpha value is -1.45. The molecule has 1 aromatic rings. The highest BCUT2D eigenvalue weighted by Crippen LogP contribution is 2.39. The van der Waals surface area contributed by atoms with Gasteiger partial charge in [-0.2, -0.15) is 0 Å². The average Bonchev–Trinajstić information content (AvgIpc) is 2.37. The van der Waals surface area contributed by atoms with Crippen LogP contribution in [-0.4, -0.2) is 12.6 Å². The predicted octanol–water partition coefficient (Wildman–Crippen LogP) is 4.19. The van der Waals surface area contributed by atoms with Crippen LogP contribution in [0, 0.1) is 11.2 Å². The Morgan fingerprint density at radius 3 is 2.80 bits per heavy atom. The van der Waals surface area contributed by atoms with Crippen molar-refractivity contribution in [2.24, 2.45) is 5.41 Å². The van der Waals surface area contributed by atoms with Crippen LogP contribution in [0.4, 0.5) is 15.8 Å². The highest BCUT2D eigenvalue weighted by molar-refractivity contribution is 5.69. The Bertz CT molecular complexity index is 474. The Labute approximate surface area is 120 Å². The van der Waals surface area contributed by atoms with Crippen LogP contribution in [0.1, 0.15) is 46.5 Å². The first-order valence-electron chi connectivity index (χ1n) is 7.42. The number of hydrogen-bond acceptors (Lipinski definition) is 3. The number of benzene rings is 1. The van der Waals surface area contributed by atoms with Crippen LogP contribution >= 0.6 is 0 Å². The molecule has 0 aromatic heterocycles. The number of anilines is 2. The van der Waals surface area contributed by atoms with E-state index in [2.05, 4.69) is 19.2 Å². The van der Waals surface area contributed by atoms with Crippen LogP contribution in [0.25, 0.3) is 0 Å². The minimum Gasteiger partial charge on any atom is -0.491 e. The summed E-state index contributed by atoms with van der Waals surface area (Å²) in [7, 11) is 0. The summed E-state index contributed by atoms with van der Waals surface area (Å²) < 4.78 is 19.0. The van der Waals surface area contributed by atoms with Gasteiger partial charge < -0.3 is 15.8 Å². The van der Waals surface area contributed by atoms with E-state index in [1.165, 1.54) is 25.3 Å². The van der Waals surface area contributed by atoms with E-state index in [-0.39, 0.29) is 11.2 Å². The summed E-state index contributed by atoms with van der Waals surface area (Å²) in [6.07, 6.45) is 4.81.